The Labute approximate surface area is 114 Å². The predicted molar refractivity (Wildman–Crippen MR) is 67.2 cm³/mol. The highest BCUT2D eigenvalue weighted by atomic mass is 79.9. The average Bonchev–Trinajstić information content (AvgIpc) is 2.76. The van der Waals surface area contributed by atoms with E-state index in [4.69, 9.17) is 0 Å². The van der Waals surface area contributed by atoms with Gasteiger partial charge >= 0.3 is 0 Å². The first-order valence-electron chi connectivity index (χ1n) is 5.15. The van der Waals surface area contributed by atoms with Crippen LogP contribution < -0.4 is 0 Å². The lowest BCUT2D eigenvalue weighted by Gasteiger charge is -2.01. The van der Waals surface area contributed by atoms with Crippen LogP contribution in [0.5, 0.6) is 0 Å². The van der Waals surface area contributed by atoms with Crippen LogP contribution in [-0.2, 0) is 0 Å². The monoisotopic (exact) mass is 336 g/mol. The minimum atomic E-state index is -0.974. The van der Waals surface area contributed by atoms with E-state index < -0.39 is 17.5 Å². The molecule has 1 aromatic carbocycles. The number of benzene rings is 1. The van der Waals surface area contributed by atoms with Crippen molar-refractivity contribution >= 4 is 27.3 Å². The van der Waals surface area contributed by atoms with Gasteiger partial charge in [-0.05, 0) is 6.42 Å². The fourth-order valence-corrected chi connectivity index (χ4v) is 2.71. The van der Waals surface area contributed by atoms with Crippen LogP contribution in [0.1, 0.15) is 23.2 Å². The maximum absolute atomic E-state index is 13.5. The molecule has 1 unspecified atom stereocenters. The Morgan fingerprint density at radius 1 is 1.22 bits per heavy atom. The Morgan fingerprint density at radius 2 is 1.83 bits per heavy atom. The van der Waals surface area contributed by atoms with Crippen molar-refractivity contribution in [3.8, 4) is 10.6 Å². The molecule has 0 spiro atoms. The molecule has 2 aromatic rings. The lowest BCUT2D eigenvalue weighted by atomic mass is 10.2. The largest absolute Gasteiger partial charge is 0.207 e. The minimum Gasteiger partial charge on any atom is -0.207 e. The van der Waals surface area contributed by atoms with Crippen LogP contribution in [0, 0.1) is 17.5 Å². The van der Waals surface area contributed by atoms with Crippen molar-refractivity contribution < 1.29 is 13.2 Å². The summed E-state index contributed by atoms with van der Waals surface area (Å²) in [5.41, 5.74) is -0.337. The molecule has 18 heavy (non-hydrogen) atoms. The molecule has 0 bridgehead atoms. The van der Waals surface area contributed by atoms with Crippen molar-refractivity contribution in [2.24, 2.45) is 0 Å². The van der Waals surface area contributed by atoms with E-state index in [0.29, 0.717) is 17.1 Å². The minimum absolute atomic E-state index is 0.00433. The van der Waals surface area contributed by atoms with Crippen LogP contribution in [0.4, 0.5) is 13.2 Å². The zero-order valence-corrected chi connectivity index (χ0v) is 11.7. The van der Waals surface area contributed by atoms with Crippen LogP contribution in [-0.4, -0.2) is 10.2 Å². The van der Waals surface area contributed by atoms with Crippen LogP contribution in [0.3, 0.4) is 0 Å². The first-order chi connectivity index (χ1) is 8.52. The van der Waals surface area contributed by atoms with Gasteiger partial charge in [-0.1, -0.05) is 34.2 Å². The zero-order valence-electron chi connectivity index (χ0n) is 9.25. The van der Waals surface area contributed by atoms with Crippen molar-refractivity contribution in [3.63, 3.8) is 0 Å². The molecule has 0 radical (unpaired) electrons. The Kier molecular flexibility index (Phi) is 4.01. The molecule has 2 nitrogen and oxygen atoms in total. The molecule has 96 valence electrons. The molecule has 0 aliphatic heterocycles. The Bertz CT molecular complexity index is 550. The summed E-state index contributed by atoms with van der Waals surface area (Å²) in [4.78, 5) is -0.00433. The fourth-order valence-electron chi connectivity index (χ4n) is 1.38. The van der Waals surface area contributed by atoms with E-state index in [1.165, 1.54) is 0 Å². The number of alkyl halides is 1. The second-order valence-electron chi connectivity index (χ2n) is 3.57. The summed E-state index contributed by atoms with van der Waals surface area (Å²) in [6.45, 7) is 1.94. The van der Waals surface area contributed by atoms with Gasteiger partial charge in [0.05, 0.1) is 10.4 Å². The topological polar surface area (TPSA) is 25.8 Å². The molecule has 0 saturated carbocycles. The van der Waals surface area contributed by atoms with Crippen LogP contribution in [0.2, 0.25) is 0 Å². The third-order valence-electron chi connectivity index (χ3n) is 2.29. The normalized spacial score (nSPS) is 12.7. The van der Waals surface area contributed by atoms with E-state index in [2.05, 4.69) is 26.1 Å². The van der Waals surface area contributed by atoms with Gasteiger partial charge in [0.2, 0.25) is 0 Å². The molecule has 0 N–H and O–H groups in total. The van der Waals surface area contributed by atoms with E-state index in [-0.39, 0.29) is 15.4 Å². The van der Waals surface area contributed by atoms with Crippen molar-refractivity contribution in [1.29, 1.82) is 0 Å². The molecule has 0 amide bonds. The third kappa shape index (κ3) is 2.56. The molecule has 0 aliphatic carbocycles. The summed E-state index contributed by atoms with van der Waals surface area (Å²) < 4.78 is 39.9. The Hall–Kier alpha value is -0.950. The second-order valence-corrected chi connectivity index (χ2v) is 5.68. The number of hydrogen-bond donors (Lipinski definition) is 0. The quantitative estimate of drug-likeness (QED) is 0.773. The molecule has 1 heterocycles. The van der Waals surface area contributed by atoms with E-state index in [1.54, 1.807) is 0 Å². The molecule has 1 atom stereocenters. The second kappa shape index (κ2) is 5.36. The zero-order chi connectivity index (χ0) is 13.3. The van der Waals surface area contributed by atoms with Gasteiger partial charge < -0.3 is 0 Å². The molecular weight excluding hydrogens is 329 g/mol. The molecule has 1 aromatic heterocycles. The van der Waals surface area contributed by atoms with E-state index in [1.807, 2.05) is 6.92 Å². The van der Waals surface area contributed by atoms with Crippen molar-refractivity contribution in [2.75, 3.05) is 0 Å². The molecule has 7 heteroatoms. The molecule has 0 saturated heterocycles. The smallest absolute Gasteiger partial charge is 0.153 e. The maximum Gasteiger partial charge on any atom is 0.153 e. The van der Waals surface area contributed by atoms with Gasteiger partial charge in [-0.15, -0.1) is 10.2 Å². The van der Waals surface area contributed by atoms with E-state index in [9.17, 15) is 13.2 Å². The molecule has 0 aliphatic rings. The lowest BCUT2D eigenvalue weighted by Crippen LogP contribution is -1.91. The summed E-state index contributed by atoms with van der Waals surface area (Å²) in [6, 6.07) is 1.26. The SMILES string of the molecule is CCC(Br)c1nnc(-c2c(F)cc(F)cc2F)s1. The number of rotatable bonds is 3. The van der Waals surface area contributed by atoms with Gasteiger partial charge in [0.25, 0.3) is 0 Å². The van der Waals surface area contributed by atoms with Gasteiger partial charge in [0.1, 0.15) is 22.5 Å². The number of hydrogen-bond acceptors (Lipinski definition) is 3. The number of aromatic nitrogens is 2. The molecule has 0 fully saturated rings. The van der Waals surface area contributed by atoms with Gasteiger partial charge in [0, 0.05) is 12.1 Å². The Morgan fingerprint density at radius 3 is 2.39 bits per heavy atom. The predicted octanol–water partition coefficient (Wildman–Crippen LogP) is 4.47. The molecule has 2 rings (SSSR count). The summed E-state index contributed by atoms with van der Waals surface area (Å²) in [6.07, 6.45) is 0.781. The van der Waals surface area contributed by atoms with Crippen LogP contribution >= 0.6 is 27.3 Å². The highest BCUT2D eigenvalue weighted by Crippen LogP contribution is 2.34. The maximum atomic E-state index is 13.5. The van der Waals surface area contributed by atoms with Crippen LogP contribution in [0.25, 0.3) is 10.6 Å². The van der Waals surface area contributed by atoms with Crippen molar-refractivity contribution in [3.05, 3.63) is 34.6 Å². The first-order valence-corrected chi connectivity index (χ1v) is 6.88. The summed E-state index contributed by atoms with van der Waals surface area (Å²) in [7, 11) is 0. The molecular formula is C11H8BrF3N2S. The van der Waals surface area contributed by atoms with Crippen molar-refractivity contribution in [1.82, 2.24) is 10.2 Å². The van der Waals surface area contributed by atoms with Gasteiger partial charge in [-0.3, -0.25) is 0 Å². The third-order valence-corrected chi connectivity index (χ3v) is 4.73. The lowest BCUT2D eigenvalue weighted by molar-refractivity contribution is 0.547. The summed E-state index contributed by atoms with van der Waals surface area (Å²) in [5, 5.41) is 8.35. The number of halogens is 4. The average molecular weight is 337 g/mol. The van der Waals surface area contributed by atoms with Crippen LogP contribution in [0.15, 0.2) is 12.1 Å². The highest BCUT2D eigenvalue weighted by molar-refractivity contribution is 9.09. The van der Waals surface area contributed by atoms with Gasteiger partial charge in [-0.2, -0.15) is 0 Å². The fraction of sp³-hybridized carbons (Fsp3) is 0.273. The van der Waals surface area contributed by atoms with E-state index >= 15 is 0 Å². The summed E-state index contributed by atoms with van der Waals surface area (Å²) in [5.74, 6) is -2.90. The van der Waals surface area contributed by atoms with Gasteiger partial charge in [0.15, 0.2) is 5.01 Å². The van der Waals surface area contributed by atoms with Crippen molar-refractivity contribution in [2.45, 2.75) is 18.2 Å². The first kappa shape index (κ1) is 13.5. The standard InChI is InChI=1S/C11H8BrF3N2S/c1-2-6(12)10-16-17-11(18-10)9-7(14)3-5(13)4-8(9)15/h3-4,6H,2H2,1H3. The number of nitrogens with zero attached hydrogens (tertiary/aromatic N) is 2. The van der Waals surface area contributed by atoms with E-state index in [0.717, 1.165) is 17.8 Å². The Balaban J connectivity index is 2.46. The summed E-state index contributed by atoms with van der Waals surface area (Å²) >= 11 is 4.46. The highest BCUT2D eigenvalue weighted by Gasteiger charge is 2.19. The van der Waals surface area contributed by atoms with Gasteiger partial charge in [-0.25, -0.2) is 13.2 Å².